The Labute approximate surface area is 148 Å². The number of carbonyl (C=O) groups excluding carboxylic acids is 1. The minimum absolute atomic E-state index is 0.0748. The third kappa shape index (κ3) is 3.37. The molecule has 26 heavy (non-hydrogen) atoms. The molecule has 0 radical (unpaired) electrons. The van der Waals surface area contributed by atoms with E-state index in [4.69, 9.17) is 4.74 Å². The van der Waals surface area contributed by atoms with Crippen molar-refractivity contribution in [2.45, 2.75) is 30.9 Å². The van der Waals surface area contributed by atoms with Crippen molar-refractivity contribution < 1.29 is 28.2 Å². The van der Waals surface area contributed by atoms with Gasteiger partial charge in [-0.2, -0.15) is 0 Å². The number of halogens is 2. The van der Waals surface area contributed by atoms with Crippen LogP contribution in [0.25, 0.3) is 0 Å². The zero-order valence-electron chi connectivity index (χ0n) is 13.7. The van der Waals surface area contributed by atoms with Gasteiger partial charge < -0.3 is 15.2 Å². The van der Waals surface area contributed by atoms with Crippen LogP contribution in [0.15, 0.2) is 48.5 Å². The maximum atomic E-state index is 14.0. The van der Waals surface area contributed by atoms with Crippen molar-refractivity contribution in [2.75, 3.05) is 0 Å². The van der Waals surface area contributed by atoms with E-state index in [9.17, 15) is 23.5 Å². The summed E-state index contributed by atoms with van der Waals surface area (Å²) in [7, 11) is 0. The van der Waals surface area contributed by atoms with Gasteiger partial charge in [-0.05, 0) is 30.5 Å². The highest BCUT2D eigenvalue weighted by Crippen LogP contribution is 2.46. The molecule has 0 aliphatic heterocycles. The number of hydrogen-bond donors (Lipinski definition) is 2. The molecule has 5 nitrogen and oxygen atoms in total. The number of alkyl carbamates (subject to hydrolysis) is 1. The molecule has 0 spiro atoms. The van der Waals surface area contributed by atoms with Crippen LogP contribution in [-0.2, 0) is 21.6 Å². The molecule has 7 heteroatoms. The molecule has 136 valence electrons. The van der Waals surface area contributed by atoms with E-state index in [1.165, 1.54) is 6.07 Å². The molecule has 0 heterocycles. The summed E-state index contributed by atoms with van der Waals surface area (Å²) in [5.41, 5.74) is -1.35. The lowest BCUT2D eigenvalue weighted by atomic mass is 9.61. The Morgan fingerprint density at radius 1 is 1.08 bits per heavy atom. The number of amides is 1. The molecule has 2 aromatic rings. The van der Waals surface area contributed by atoms with Gasteiger partial charge in [0.25, 0.3) is 0 Å². The van der Waals surface area contributed by atoms with Crippen molar-refractivity contribution in [3.05, 3.63) is 71.3 Å². The van der Waals surface area contributed by atoms with Crippen molar-refractivity contribution in [1.82, 2.24) is 5.32 Å². The second-order valence-electron chi connectivity index (χ2n) is 6.30. The molecule has 0 atom stereocenters. The lowest BCUT2D eigenvalue weighted by Gasteiger charge is -2.44. The largest absolute Gasteiger partial charge is 0.481 e. The summed E-state index contributed by atoms with van der Waals surface area (Å²) >= 11 is 0. The lowest BCUT2D eigenvalue weighted by Crippen LogP contribution is -2.57. The Morgan fingerprint density at radius 3 is 2.27 bits per heavy atom. The molecule has 0 saturated heterocycles. The fraction of sp³-hybridized carbons (Fsp3) is 0.263. The highest BCUT2D eigenvalue weighted by molar-refractivity contribution is 5.84. The molecule has 3 rings (SSSR count). The first-order valence-electron chi connectivity index (χ1n) is 8.07. The normalized spacial score (nSPS) is 21.5. The Balaban J connectivity index is 1.62. The number of ether oxygens (including phenoxy) is 1. The van der Waals surface area contributed by atoms with Crippen molar-refractivity contribution in [3.8, 4) is 0 Å². The van der Waals surface area contributed by atoms with Gasteiger partial charge in [0.2, 0.25) is 0 Å². The summed E-state index contributed by atoms with van der Waals surface area (Å²) in [4.78, 5) is 23.5. The van der Waals surface area contributed by atoms with Crippen molar-refractivity contribution in [1.29, 1.82) is 0 Å². The van der Waals surface area contributed by atoms with Gasteiger partial charge in [-0.15, -0.1) is 0 Å². The first-order valence-corrected chi connectivity index (χ1v) is 8.07. The molecular weight excluding hydrogens is 344 g/mol. The van der Waals surface area contributed by atoms with E-state index >= 15 is 0 Å². The minimum atomic E-state index is -1.69. The molecule has 2 aromatic carbocycles. The zero-order valence-corrected chi connectivity index (χ0v) is 13.7. The number of benzene rings is 2. The second-order valence-corrected chi connectivity index (χ2v) is 6.30. The van der Waals surface area contributed by atoms with Crippen LogP contribution in [0.1, 0.15) is 24.0 Å². The van der Waals surface area contributed by atoms with Crippen LogP contribution < -0.4 is 5.32 Å². The quantitative estimate of drug-likeness (QED) is 0.856. The predicted molar refractivity (Wildman–Crippen MR) is 88.5 cm³/mol. The van der Waals surface area contributed by atoms with Gasteiger partial charge in [0, 0.05) is 11.6 Å². The van der Waals surface area contributed by atoms with Gasteiger partial charge in [-0.25, -0.2) is 13.6 Å². The number of nitrogens with one attached hydrogen (secondary N) is 1. The third-order valence-electron chi connectivity index (χ3n) is 4.58. The first-order chi connectivity index (χ1) is 12.4. The number of hydrogen-bond acceptors (Lipinski definition) is 3. The molecule has 2 N–H and O–H groups in total. The number of carboxylic acids is 1. The lowest BCUT2D eigenvalue weighted by molar-refractivity contribution is -0.149. The van der Waals surface area contributed by atoms with Gasteiger partial charge in [0.15, 0.2) is 0 Å². The summed E-state index contributed by atoms with van der Waals surface area (Å²) in [5, 5.41) is 12.0. The number of carboxylic acid groups (broad SMARTS) is 1. The first kappa shape index (κ1) is 17.8. The van der Waals surface area contributed by atoms with E-state index < -0.39 is 40.7 Å². The van der Waals surface area contributed by atoms with Gasteiger partial charge in [0.1, 0.15) is 23.7 Å². The fourth-order valence-corrected chi connectivity index (χ4v) is 3.26. The summed E-state index contributed by atoms with van der Waals surface area (Å²) in [6.07, 6.45) is -0.923. The highest BCUT2D eigenvalue weighted by Gasteiger charge is 2.55. The molecule has 0 bridgehead atoms. The van der Waals surface area contributed by atoms with E-state index in [1.807, 2.05) is 18.2 Å². The molecule has 1 aliphatic rings. The molecule has 1 saturated carbocycles. The average molecular weight is 361 g/mol. The van der Waals surface area contributed by atoms with E-state index in [-0.39, 0.29) is 19.4 Å². The summed E-state index contributed by atoms with van der Waals surface area (Å²) in [6.45, 7) is 0.0748. The Bertz CT molecular complexity index is 799. The van der Waals surface area contributed by atoms with Gasteiger partial charge in [-0.3, -0.25) is 4.79 Å². The van der Waals surface area contributed by atoms with Crippen LogP contribution >= 0.6 is 0 Å². The predicted octanol–water partition coefficient (Wildman–Crippen LogP) is 3.38. The molecule has 1 fully saturated rings. The number of aliphatic carboxylic acids is 1. The maximum absolute atomic E-state index is 14.0. The van der Waals surface area contributed by atoms with Gasteiger partial charge in [0.05, 0.1) is 0 Å². The Morgan fingerprint density at radius 2 is 1.69 bits per heavy atom. The molecule has 0 aromatic heterocycles. The van der Waals surface area contributed by atoms with Crippen LogP contribution in [0.2, 0.25) is 0 Å². The Hall–Kier alpha value is -2.96. The summed E-state index contributed by atoms with van der Waals surface area (Å²) in [6, 6.07) is 11.8. The van der Waals surface area contributed by atoms with E-state index in [2.05, 4.69) is 5.32 Å². The fourth-order valence-electron chi connectivity index (χ4n) is 3.26. The second kappa shape index (κ2) is 7.11. The van der Waals surface area contributed by atoms with Crippen molar-refractivity contribution >= 4 is 12.1 Å². The third-order valence-corrected chi connectivity index (χ3v) is 4.58. The van der Waals surface area contributed by atoms with Crippen LogP contribution in [-0.4, -0.2) is 23.2 Å². The maximum Gasteiger partial charge on any atom is 0.407 e. The molecule has 1 aliphatic carbocycles. The van der Waals surface area contributed by atoms with Crippen LogP contribution in [0, 0.1) is 11.6 Å². The van der Waals surface area contributed by atoms with Crippen LogP contribution in [0.4, 0.5) is 13.6 Å². The number of rotatable bonds is 5. The van der Waals surface area contributed by atoms with Crippen LogP contribution in [0.3, 0.4) is 0 Å². The van der Waals surface area contributed by atoms with Gasteiger partial charge in [-0.1, -0.05) is 36.4 Å². The average Bonchev–Trinajstić information content (AvgIpc) is 2.57. The van der Waals surface area contributed by atoms with E-state index in [0.717, 1.165) is 17.7 Å². The summed E-state index contributed by atoms with van der Waals surface area (Å²) < 4.78 is 33.1. The van der Waals surface area contributed by atoms with Crippen LogP contribution in [0.5, 0.6) is 0 Å². The minimum Gasteiger partial charge on any atom is -0.481 e. The standard InChI is InChI=1S/C19H17F2NO4/c20-14-7-4-8-15(21)16(14)19(17(23)24)9-13(10-19)22-18(25)26-11-12-5-2-1-3-6-12/h1-8,13H,9-11H2,(H,22,25)(H,23,24). The number of carbonyl (C=O) groups is 2. The Kier molecular flexibility index (Phi) is 4.88. The van der Waals surface area contributed by atoms with E-state index in [0.29, 0.717) is 0 Å². The van der Waals surface area contributed by atoms with Gasteiger partial charge >= 0.3 is 12.1 Å². The molecule has 0 unspecified atom stereocenters. The topological polar surface area (TPSA) is 75.6 Å². The highest BCUT2D eigenvalue weighted by atomic mass is 19.1. The SMILES string of the molecule is O=C(NC1CC(C(=O)O)(c2c(F)cccc2F)C1)OCc1ccccc1. The van der Waals surface area contributed by atoms with E-state index in [1.54, 1.807) is 12.1 Å². The molecular formula is C19H17F2NO4. The molecule has 1 amide bonds. The monoisotopic (exact) mass is 361 g/mol. The van der Waals surface area contributed by atoms with Crippen molar-refractivity contribution in [3.63, 3.8) is 0 Å². The zero-order chi connectivity index (χ0) is 18.7. The smallest absolute Gasteiger partial charge is 0.407 e. The summed E-state index contributed by atoms with van der Waals surface area (Å²) in [5.74, 6) is -3.13. The van der Waals surface area contributed by atoms with Crippen molar-refractivity contribution in [2.24, 2.45) is 0 Å².